The number of hydrogen-bond acceptors (Lipinski definition) is 2. The lowest BCUT2D eigenvalue weighted by Crippen LogP contribution is -2.43. The molecular weight excluding hydrogens is 238 g/mol. The normalized spacial score (nSPS) is 24.9. The first-order chi connectivity index (χ1) is 9.22. The minimum absolute atomic E-state index is 0.333. The second kappa shape index (κ2) is 6.71. The summed E-state index contributed by atoms with van der Waals surface area (Å²) in [5, 5.41) is 12.8. The Balaban J connectivity index is 2.10. The third-order valence-electron chi connectivity index (χ3n) is 4.19. The zero-order chi connectivity index (χ0) is 13.7. The summed E-state index contributed by atoms with van der Waals surface area (Å²) in [6.45, 7) is 2.20. The molecule has 3 heteroatoms. The molecule has 1 fully saturated rings. The van der Waals surface area contributed by atoms with Crippen LogP contribution in [0.25, 0.3) is 0 Å². The predicted molar refractivity (Wildman–Crippen MR) is 76.0 cm³/mol. The molecule has 2 rings (SSSR count). The molecule has 0 saturated heterocycles. The Hall–Kier alpha value is -1.35. The summed E-state index contributed by atoms with van der Waals surface area (Å²) in [6, 6.07) is 9.22. The van der Waals surface area contributed by atoms with Gasteiger partial charge in [0.05, 0.1) is 0 Å². The van der Waals surface area contributed by atoms with Gasteiger partial charge < -0.3 is 5.11 Å². The Morgan fingerprint density at radius 2 is 2.00 bits per heavy atom. The standard InChI is InChI=1S/C16H23NO2/c1-2-12-8-6-7-11-14(12)17-15(16(18)19)13-9-4-3-5-10-13/h3-5,9-10,12,14-15,17H,2,6-8,11H2,1H3,(H,18,19). The number of benzene rings is 1. The number of carboxylic acid groups (broad SMARTS) is 1. The highest BCUT2D eigenvalue weighted by Gasteiger charge is 2.29. The number of carboxylic acids is 1. The van der Waals surface area contributed by atoms with Crippen LogP contribution in [0, 0.1) is 5.92 Å². The Morgan fingerprint density at radius 3 is 2.63 bits per heavy atom. The van der Waals surface area contributed by atoms with Gasteiger partial charge in [0.1, 0.15) is 6.04 Å². The first-order valence-corrected chi connectivity index (χ1v) is 7.26. The topological polar surface area (TPSA) is 49.3 Å². The molecule has 104 valence electrons. The van der Waals surface area contributed by atoms with E-state index in [-0.39, 0.29) is 0 Å². The average molecular weight is 261 g/mol. The van der Waals surface area contributed by atoms with Crippen molar-refractivity contribution in [3.05, 3.63) is 35.9 Å². The third kappa shape index (κ3) is 3.57. The van der Waals surface area contributed by atoms with Gasteiger partial charge in [0.15, 0.2) is 0 Å². The fourth-order valence-corrected chi connectivity index (χ4v) is 3.09. The molecule has 2 N–H and O–H groups in total. The van der Waals surface area contributed by atoms with Crippen LogP contribution in [0.4, 0.5) is 0 Å². The summed E-state index contributed by atoms with van der Waals surface area (Å²) in [5.41, 5.74) is 0.843. The van der Waals surface area contributed by atoms with Crippen LogP contribution < -0.4 is 5.32 Å². The molecular formula is C16H23NO2. The highest BCUT2D eigenvalue weighted by atomic mass is 16.4. The Morgan fingerprint density at radius 1 is 1.32 bits per heavy atom. The molecule has 3 atom stereocenters. The van der Waals surface area contributed by atoms with E-state index in [1.165, 1.54) is 19.3 Å². The van der Waals surface area contributed by atoms with Crippen molar-refractivity contribution in [3.8, 4) is 0 Å². The third-order valence-corrected chi connectivity index (χ3v) is 4.19. The highest BCUT2D eigenvalue weighted by Crippen LogP contribution is 2.29. The van der Waals surface area contributed by atoms with Gasteiger partial charge in [-0.1, -0.05) is 56.5 Å². The summed E-state index contributed by atoms with van der Waals surface area (Å²) in [5.74, 6) is -0.175. The Kier molecular flexibility index (Phi) is 4.97. The van der Waals surface area contributed by atoms with Crippen molar-refractivity contribution >= 4 is 5.97 Å². The van der Waals surface area contributed by atoms with Gasteiger partial charge >= 0.3 is 5.97 Å². The molecule has 19 heavy (non-hydrogen) atoms. The smallest absolute Gasteiger partial charge is 0.325 e. The molecule has 0 heterocycles. The van der Waals surface area contributed by atoms with E-state index >= 15 is 0 Å². The van der Waals surface area contributed by atoms with Crippen LogP contribution in [-0.4, -0.2) is 17.1 Å². The van der Waals surface area contributed by atoms with Gasteiger partial charge in [-0.3, -0.25) is 10.1 Å². The lowest BCUT2D eigenvalue weighted by atomic mass is 9.82. The molecule has 3 nitrogen and oxygen atoms in total. The van der Waals surface area contributed by atoms with Crippen molar-refractivity contribution in [2.75, 3.05) is 0 Å². The van der Waals surface area contributed by atoms with Gasteiger partial charge in [-0.2, -0.15) is 0 Å². The van der Waals surface area contributed by atoms with Gasteiger partial charge in [0.25, 0.3) is 0 Å². The highest BCUT2D eigenvalue weighted by molar-refractivity contribution is 5.75. The van der Waals surface area contributed by atoms with E-state index < -0.39 is 12.0 Å². The molecule has 1 saturated carbocycles. The Labute approximate surface area is 115 Å². The second-order valence-corrected chi connectivity index (χ2v) is 5.41. The van der Waals surface area contributed by atoms with Crippen LogP contribution in [0.2, 0.25) is 0 Å². The summed E-state index contributed by atoms with van der Waals surface area (Å²) in [4.78, 5) is 11.5. The van der Waals surface area contributed by atoms with E-state index in [0.717, 1.165) is 18.4 Å². The van der Waals surface area contributed by atoms with Crippen molar-refractivity contribution < 1.29 is 9.90 Å². The molecule has 0 bridgehead atoms. The van der Waals surface area contributed by atoms with Crippen LogP contribution in [-0.2, 0) is 4.79 Å². The van der Waals surface area contributed by atoms with Crippen molar-refractivity contribution in [3.63, 3.8) is 0 Å². The van der Waals surface area contributed by atoms with Crippen molar-refractivity contribution in [2.45, 2.75) is 51.1 Å². The molecule has 0 spiro atoms. The number of hydrogen-bond donors (Lipinski definition) is 2. The van der Waals surface area contributed by atoms with Crippen molar-refractivity contribution in [1.29, 1.82) is 0 Å². The molecule has 0 radical (unpaired) electrons. The van der Waals surface area contributed by atoms with Crippen LogP contribution >= 0.6 is 0 Å². The first-order valence-electron chi connectivity index (χ1n) is 7.26. The maximum absolute atomic E-state index is 11.5. The van der Waals surface area contributed by atoms with E-state index in [9.17, 15) is 9.90 Å². The minimum atomic E-state index is -0.786. The summed E-state index contributed by atoms with van der Waals surface area (Å²) >= 11 is 0. The number of nitrogens with one attached hydrogen (secondary N) is 1. The van der Waals surface area contributed by atoms with Gasteiger partial charge in [0, 0.05) is 6.04 Å². The lowest BCUT2D eigenvalue weighted by molar-refractivity contribution is -0.140. The molecule has 1 aromatic rings. The Bertz CT molecular complexity index is 404. The molecule has 1 aliphatic carbocycles. The van der Waals surface area contributed by atoms with Crippen LogP contribution in [0.5, 0.6) is 0 Å². The van der Waals surface area contributed by atoms with Crippen LogP contribution in [0.3, 0.4) is 0 Å². The van der Waals surface area contributed by atoms with Gasteiger partial charge in [0.2, 0.25) is 0 Å². The average Bonchev–Trinajstić information content (AvgIpc) is 2.45. The first kappa shape index (κ1) is 14.1. The maximum Gasteiger partial charge on any atom is 0.325 e. The second-order valence-electron chi connectivity index (χ2n) is 5.41. The zero-order valence-corrected chi connectivity index (χ0v) is 11.5. The SMILES string of the molecule is CCC1CCCCC1NC(C(=O)O)c1ccccc1. The zero-order valence-electron chi connectivity index (χ0n) is 11.5. The molecule has 1 aromatic carbocycles. The fourth-order valence-electron chi connectivity index (χ4n) is 3.09. The van der Waals surface area contributed by atoms with Crippen molar-refractivity contribution in [1.82, 2.24) is 5.32 Å². The van der Waals surface area contributed by atoms with Crippen LogP contribution in [0.15, 0.2) is 30.3 Å². The van der Waals surface area contributed by atoms with Gasteiger partial charge in [-0.15, -0.1) is 0 Å². The number of rotatable bonds is 5. The monoisotopic (exact) mass is 261 g/mol. The largest absolute Gasteiger partial charge is 0.480 e. The summed E-state index contributed by atoms with van der Waals surface area (Å²) in [6.07, 6.45) is 5.91. The summed E-state index contributed by atoms with van der Waals surface area (Å²) < 4.78 is 0. The fraction of sp³-hybridized carbons (Fsp3) is 0.562. The molecule has 0 aliphatic heterocycles. The maximum atomic E-state index is 11.5. The molecule has 0 aromatic heterocycles. The predicted octanol–water partition coefficient (Wildman–Crippen LogP) is 3.37. The number of aliphatic carboxylic acids is 1. The minimum Gasteiger partial charge on any atom is -0.480 e. The number of carbonyl (C=O) groups is 1. The molecule has 0 amide bonds. The lowest BCUT2D eigenvalue weighted by Gasteiger charge is -2.33. The summed E-state index contributed by atoms with van der Waals surface area (Å²) in [7, 11) is 0. The van der Waals surface area contributed by atoms with E-state index in [4.69, 9.17) is 0 Å². The van der Waals surface area contributed by atoms with Crippen LogP contribution in [0.1, 0.15) is 50.6 Å². The van der Waals surface area contributed by atoms with E-state index in [1.807, 2.05) is 30.3 Å². The molecule has 1 aliphatic rings. The van der Waals surface area contributed by atoms with E-state index in [0.29, 0.717) is 12.0 Å². The van der Waals surface area contributed by atoms with Gasteiger partial charge in [-0.05, 0) is 24.3 Å². The molecule has 3 unspecified atom stereocenters. The van der Waals surface area contributed by atoms with Crippen molar-refractivity contribution in [2.24, 2.45) is 5.92 Å². The van der Waals surface area contributed by atoms with E-state index in [2.05, 4.69) is 12.2 Å². The van der Waals surface area contributed by atoms with E-state index in [1.54, 1.807) is 0 Å². The quantitative estimate of drug-likeness (QED) is 0.854. The van der Waals surface area contributed by atoms with Gasteiger partial charge in [-0.25, -0.2) is 0 Å².